The average molecular weight is 410 g/mol. The molecule has 2 aromatic heterocycles. The summed E-state index contributed by atoms with van der Waals surface area (Å²) in [5.74, 6) is -0.822. The number of nitrogens with one attached hydrogen (secondary N) is 4. The molecule has 0 spiro atoms. The first-order valence-corrected chi connectivity index (χ1v) is 8.68. The Kier molecular flexibility index (Phi) is 4.76. The second-order valence-corrected chi connectivity index (χ2v) is 6.33. The molecule has 30 heavy (non-hydrogen) atoms. The second kappa shape index (κ2) is 7.54. The largest absolute Gasteiger partial charge is 0.369 e. The number of anilines is 4. The van der Waals surface area contributed by atoms with Gasteiger partial charge in [0, 0.05) is 22.5 Å². The van der Waals surface area contributed by atoms with Crippen molar-refractivity contribution in [1.29, 1.82) is 0 Å². The molecule has 2 heterocycles. The number of nitrogen functional groups attached to an aromatic ring is 2. The number of H-pyrrole nitrogens is 2. The molecule has 8 N–H and O–H groups in total. The summed E-state index contributed by atoms with van der Waals surface area (Å²) in [5.41, 5.74) is 12.8. The van der Waals surface area contributed by atoms with Crippen LogP contribution in [-0.2, 0) is 0 Å². The number of halogens is 2. The molecular weight excluding hydrogens is 394 g/mol. The number of amides is 2. The van der Waals surface area contributed by atoms with Gasteiger partial charge in [0.25, 0.3) is 0 Å². The van der Waals surface area contributed by atoms with Crippen molar-refractivity contribution in [3.8, 4) is 22.5 Å². The summed E-state index contributed by atoms with van der Waals surface area (Å²) in [4.78, 5) is 25.3. The molecule has 4 aromatic rings. The van der Waals surface area contributed by atoms with E-state index in [1.807, 2.05) is 0 Å². The highest BCUT2D eigenvalue weighted by molar-refractivity contribution is 6.00. The molecule has 0 fully saturated rings. The van der Waals surface area contributed by atoms with Gasteiger partial charge >= 0.3 is 6.03 Å². The molecule has 2 aromatic carbocycles. The predicted octanol–water partition coefficient (Wildman–Crippen LogP) is 3.55. The number of aromatic nitrogens is 4. The fraction of sp³-hybridized carbons (Fsp3) is 0. The van der Waals surface area contributed by atoms with Gasteiger partial charge in [0.05, 0.1) is 23.8 Å². The van der Waals surface area contributed by atoms with E-state index in [4.69, 9.17) is 11.5 Å². The van der Waals surface area contributed by atoms with E-state index < -0.39 is 17.7 Å². The van der Waals surface area contributed by atoms with Crippen LogP contribution < -0.4 is 22.1 Å². The van der Waals surface area contributed by atoms with E-state index in [0.29, 0.717) is 11.4 Å². The Hall–Kier alpha value is -4.41. The molecule has 0 aliphatic carbocycles. The van der Waals surface area contributed by atoms with E-state index in [9.17, 15) is 13.6 Å². The van der Waals surface area contributed by atoms with Crippen LogP contribution >= 0.6 is 0 Å². The van der Waals surface area contributed by atoms with Crippen LogP contribution in [0.25, 0.3) is 22.5 Å². The van der Waals surface area contributed by atoms with Crippen LogP contribution in [0.2, 0.25) is 0 Å². The monoisotopic (exact) mass is 410 g/mol. The number of nitrogens with two attached hydrogens (primary N) is 2. The Bertz CT molecular complexity index is 1140. The smallest absolute Gasteiger partial charge is 0.323 e. The summed E-state index contributed by atoms with van der Waals surface area (Å²) in [6, 6.07) is 7.62. The normalized spacial score (nSPS) is 10.7. The lowest BCUT2D eigenvalue weighted by atomic mass is 10.1. The first kappa shape index (κ1) is 18.9. The van der Waals surface area contributed by atoms with E-state index in [1.54, 1.807) is 0 Å². The second-order valence-electron chi connectivity index (χ2n) is 6.33. The van der Waals surface area contributed by atoms with Gasteiger partial charge in [-0.25, -0.2) is 23.5 Å². The van der Waals surface area contributed by atoms with Gasteiger partial charge in [-0.2, -0.15) is 0 Å². The van der Waals surface area contributed by atoms with Crippen LogP contribution in [0.5, 0.6) is 0 Å². The van der Waals surface area contributed by atoms with Crippen LogP contribution in [0, 0.1) is 11.6 Å². The molecule has 0 radical (unpaired) electrons. The molecular formula is C19H16F2N8O. The lowest BCUT2D eigenvalue weighted by Gasteiger charge is -2.10. The maximum atomic E-state index is 14.4. The number of urea groups is 1. The molecule has 0 aliphatic rings. The molecule has 0 bridgehead atoms. The molecule has 0 saturated carbocycles. The summed E-state index contributed by atoms with van der Waals surface area (Å²) in [6.45, 7) is 0. The maximum Gasteiger partial charge on any atom is 0.323 e. The van der Waals surface area contributed by atoms with Gasteiger partial charge in [-0.15, -0.1) is 0 Å². The van der Waals surface area contributed by atoms with Crippen molar-refractivity contribution >= 4 is 29.3 Å². The number of hydrogen-bond acceptors (Lipinski definition) is 5. The molecule has 0 atom stereocenters. The Balaban J connectivity index is 1.44. The van der Waals surface area contributed by atoms with E-state index in [-0.39, 0.29) is 34.4 Å². The third kappa shape index (κ3) is 3.90. The Morgan fingerprint density at radius 3 is 1.57 bits per heavy atom. The first-order valence-electron chi connectivity index (χ1n) is 8.68. The standard InChI is InChI=1S/C19H16F2N8O/c20-13-5-9(1-3-11(13)15-7-24-17(22)28-15)26-19(30)27-10-2-4-12(14(21)6-10)16-8-25-18(23)29-16/h1-8H,(H3,22,24,28)(H3,23,25,29)(H2,26,27,30). The van der Waals surface area contributed by atoms with Crippen molar-refractivity contribution in [3.63, 3.8) is 0 Å². The zero-order chi connectivity index (χ0) is 21.3. The SMILES string of the molecule is Nc1ncc(-c2ccc(NC(=O)Nc3ccc(-c4cnc(N)[nH]4)c(F)c3)cc2F)[nH]1. The zero-order valence-electron chi connectivity index (χ0n) is 15.3. The number of aromatic amines is 2. The van der Waals surface area contributed by atoms with Crippen LogP contribution in [0.15, 0.2) is 48.8 Å². The minimum Gasteiger partial charge on any atom is -0.369 e. The lowest BCUT2D eigenvalue weighted by molar-refractivity contribution is 0.262. The highest BCUT2D eigenvalue weighted by atomic mass is 19.1. The Labute approximate surface area is 168 Å². The van der Waals surface area contributed by atoms with Crippen molar-refractivity contribution in [2.45, 2.75) is 0 Å². The summed E-state index contributed by atoms with van der Waals surface area (Å²) in [5, 5.41) is 4.98. The van der Waals surface area contributed by atoms with Gasteiger partial charge < -0.3 is 32.1 Å². The first-order chi connectivity index (χ1) is 14.4. The van der Waals surface area contributed by atoms with E-state index in [1.165, 1.54) is 36.7 Å². The van der Waals surface area contributed by atoms with Crippen molar-refractivity contribution in [2.75, 3.05) is 22.1 Å². The highest BCUT2D eigenvalue weighted by Gasteiger charge is 2.12. The van der Waals surface area contributed by atoms with Gasteiger partial charge in [0.1, 0.15) is 11.6 Å². The van der Waals surface area contributed by atoms with Crippen LogP contribution in [0.1, 0.15) is 0 Å². The van der Waals surface area contributed by atoms with Crippen molar-refractivity contribution in [1.82, 2.24) is 19.9 Å². The highest BCUT2D eigenvalue weighted by Crippen LogP contribution is 2.26. The summed E-state index contributed by atoms with van der Waals surface area (Å²) in [7, 11) is 0. The summed E-state index contributed by atoms with van der Waals surface area (Å²) >= 11 is 0. The van der Waals surface area contributed by atoms with Gasteiger partial charge in [-0.05, 0) is 36.4 Å². The molecule has 0 unspecified atom stereocenters. The van der Waals surface area contributed by atoms with Crippen LogP contribution in [-0.4, -0.2) is 26.0 Å². The topological polar surface area (TPSA) is 151 Å². The summed E-state index contributed by atoms with van der Waals surface area (Å²) in [6.07, 6.45) is 2.81. The number of carbonyl (C=O) groups is 1. The molecule has 11 heteroatoms. The predicted molar refractivity (Wildman–Crippen MR) is 109 cm³/mol. The molecule has 9 nitrogen and oxygen atoms in total. The number of nitrogens with zero attached hydrogens (tertiary/aromatic N) is 2. The number of hydrogen-bond donors (Lipinski definition) is 6. The van der Waals surface area contributed by atoms with Gasteiger partial charge in [0.2, 0.25) is 0 Å². The zero-order valence-corrected chi connectivity index (χ0v) is 15.3. The third-order valence-corrected chi connectivity index (χ3v) is 4.23. The molecule has 4 rings (SSSR count). The van der Waals surface area contributed by atoms with E-state index in [2.05, 4.69) is 30.6 Å². The molecule has 152 valence electrons. The number of carbonyl (C=O) groups excluding carboxylic acids is 1. The Morgan fingerprint density at radius 1 is 0.800 bits per heavy atom. The van der Waals surface area contributed by atoms with Crippen LogP contribution in [0.3, 0.4) is 0 Å². The quantitative estimate of drug-likeness (QED) is 0.304. The minimum absolute atomic E-state index is 0.167. The minimum atomic E-state index is -0.661. The number of imidazole rings is 2. The van der Waals surface area contributed by atoms with Gasteiger partial charge in [-0.3, -0.25) is 0 Å². The van der Waals surface area contributed by atoms with Gasteiger partial charge in [-0.1, -0.05) is 0 Å². The number of rotatable bonds is 4. The fourth-order valence-corrected chi connectivity index (χ4v) is 2.86. The van der Waals surface area contributed by atoms with Gasteiger partial charge in [0.15, 0.2) is 11.9 Å². The lowest BCUT2D eigenvalue weighted by Crippen LogP contribution is -2.19. The summed E-state index contributed by atoms with van der Waals surface area (Å²) < 4.78 is 28.7. The molecule has 0 saturated heterocycles. The van der Waals surface area contributed by atoms with Crippen molar-refractivity contribution in [2.24, 2.45) is 0 Å². The third-order valence-electron chi connectivity index (χ3n) is 4.23. The van der Waals surface area contributed by atoms with Crippen molar-refractivity contribution in [3.05, 3.63) is 60.4 Å². The van der Waals surface area contributed by atoms with Crippen LogP contribution in [0.4, 0.5) is 36.8 Å². The fourth-order valence-electron chi connectivity index (χ4n) is 2.86. The van der Waals surface area contributed by atoms with E-state index in [0.717, 1.165) is 12.1 Å². The van der Waals surface area contributed by atoms with E-state index >= 15 is 0 Å². The number of benzene rings is 2. The Morgan fingerprint density at radius 2 is 1.23 bits per heavy atom. The van der Waals surface area contributed by atoms with Crippen molar-refractivity contribution < 1.29 is 13.6 Å². The molecule has 2 amide bonds. The molecule has 0 aliphatic heterocycles. The average Bonchev–Trinajstić information content (AvgIpc) is 3.30. The maximum absolute atomic E-state index is 14.4.